The van der Waals surface area contributed by atoms with E-state index < -0.39 is 0 Å². The summed E-state index contributed by atoms with van der Waals surface area (Å²) in [6.07, 6.45) is 5.05. The Morgan fingerprint density at radius 1 is 1.19 bits per heavy atom. The highest BCUT2D eigenvalue weighted by Gasteiger charge is 2.25. The molecule has 1 aromatic carbocycles. The number of halogens is 2. The predicted octanol–water partition coefficient (Wildman–Crippen LogP) is 3.69. The molecule has 1 unspecified atom stereocenters. The molecule has 0 saturated heterocycles. The molecule has 1 atom stereocenters. The molecule has 0 bridgehead atoms. The topological polar surface area (TPSA) is 38.0 Å². The number of hydrazine groups is 1. The van der Waals surface area contributed by atoms with Crippen LogP contribution in [-0.4, -0.2) is 0 Å². The molecule has 0 heterocycles. The molecule has 0 amide bonds. The molecular weight excluding hydrogens is 243 g/mol. The minimum atomic E-state index is 0.192. The minimum absolute atomic E-state index is 0.192. The Bertz CT molecular complexity index is 362. The van der Waals surface area contributed by atoms with E-state index in [4.69, 9.17) is 29.0 Å². The van der Waals surface area contributed by atoms with Gasteiger partial charge in [-0.3, -0.25) is 11.3 Å². The van der Waals surface area contributed by atoms with Crippen molar-refractivity contribution in [3.63, 3.8) is 0 Å². The highest BCUT2D eigenvalue weighted by molar-refractivity contribution is 6.42. The van der Waals surface area contributed by atoms with E-state index in [1.807, 2.05) is 18.2 Å². The van der Waals surface area contributed by atoms with Crippen molar-refractivity contribution in [3.8, 4) is 0 Å². The molecule has 1 saturated carbocycles. The van der Waals surface area contributed by atoms with Gasteiger partial charge in [0.15, 0.2) is 0 Å². The molecule has 88 valence electrons. The Balaban J connectivity index is 2.22. The van der Waals surface area contributed by atoms with Gasteiger partial charge in [-0.2, -0.15) is 0 Å². The maximum Gasteiger partial charge on any atom is 0.0595 e. The van der Waals surface area contributed by atoms with Gasteiger partial charge < -0.3 is 0 Å². The number of nitrogens with one attached hydrogen (secondary N) is 1. The predicted molar refractivity (Wildman–Crippen MR) is 68.5 cm³/mol. The van der Waals surface area contributed by atoms with E-state index in [1.165, 1.54) is 25.7 Å². The van der Waals surface area contributed by atoms with Crippen LogP contribution in [0.4, 0.5) is 0 Å². The number of rotatable bonds is 3. The molecule has 0 aromatic heterocycles. The first kappa shape index (κ1) is 12.2. The quantitative estimate of drug-likeness (QED) is 0.641. The van der Waals surface area contributed by atoms with Crippen LogP contribution in [0.2, 0.25) is 10.0 Å². The number of hydrogen-bond donors (Lipinski definition) is 2. The molecule has 0 aliphatic heterocycles. The molecular formula is C12H16Cl2N2. The van der Waals surface area contributed by atoms with E-state index in [1.54, 1.807) is 0 Å². The Morgan fingerprint density at radius 3 is 2.44 bits per heavy atom. The fourth-order valence-electron chi connectivity index (χ4n) is 2.50. The maximum atomic E-state index is 6.02. The summed E-state index contributed by atoms with van der Waals surface area (Å²) in [7, 11) is 0. The zero-order valence-electron chi connectivity index (χ0n) is 9.05. The first-order valence-electron chi connectivity index (χ1n) is 5.63. The fourth-order valence-corrected chi connectivity index (χ4v) is 2.81. The highest BCUT2D eigenvalue weighted by Crippen LogP contribution is 2.36. The minimum Gasteiger partial charge on any atom is -0.271 e. The van der Waals surface area contributed by atoms with Crippen LogP contribution in [0.3, 0.4) is 0 Å². The lowest BCUT2D eigenvalue weighted by molar-refractivity contribution is 0.373. The van der Waals surface area contributed by atoms with Crippen molar-refractivity contribution >= 4 is 23.2 Å². The first-order valence-corrected chi connectivity index (χ1v) is 6.39. The number of nitrogens with two attached hydrogens (primary N) is 1. The Morgan fingerprint density at radius 2 is 1.88 bits per heavy atom. The van der Waals surface area contributed by atoms with Crippen LogP contribution < -0.4 is 11.3 Å². The third kappa shape index (κ3) is 2.51. The van der Waals surface area contributed by atoms with Gasteiger partial charge in [-0.05, 0) is 36.5 Å². The summed E-state index contributed by atoms with van der Waals surface area (Å²) in [5.41, 5.74) is 4.03. The number of benzene rings is 1. The number of hydrogen-bond acceptors (Lipinski definition) is 2. The van der Waals surface area contributed by atoms with Crippen molar-refractivity contribution in [2.45, 2.75) is 31.7 Å². The average Bonchev–Trinajstić information content (AvgIpc) is 2.78. The first-order chi connectivity index (χ1) is 7.72. The Labute approximate surface area is 106 Å². The molecule has 1 aliphatic carbocycles. The summed E-state index contributed by atoms with van der Waals surface area (Å²) in [5.74, 6) is 6.26. The second kappa shape index (κ2) is 5.37. The smallest absolute Gasteiger partial charge is 0.0595 e. The summed E-state index contributed by atoms with van der Waals surface area (Å²) >= 11 is 11.9. The molecule has 4 heteroatoms. The SMILES string of the molecule is NNC(c1ccc(Cl)c(Cl)c1)C1CCCC1. The van der Waals surface area contributed by atoms with Gasteiger partial charge in [0.2, 0.25) is 0 Å². The summed E-state index contributed by atoms with van der Waals surface area (Å²) in [4.78, 5) is 0. The largest absolute Gasteiger partial charge is 0.271 e. The maximum absolute atomic E-state index is 6.02. The van der Waals surface area contributed by atoms with Crippen LogP contribution in [0, 0.1) is 5.92 Å². The summed E-state index contributed by atoms with van der Waals surface area (Å²) in [5, 5.41) is 1.19. The Kier molecular flexibility index (Phi) is 4.09. The van der Waals surface area contributed by atoms with Gasteiger partial charge in [-0.15, -0.1) is 0 Å². The van der Waals surface area contributed by atoms with Crippen LogP contribution >= 0.6 is 23.2 Å². The highest BCUT2D eigenvalue weighted by atomic mass is 35.5. The molecule has 0 spiro atoms. The van der Waals surface area contributed by atoms with E-state index in [2.05, 4.69) is 5.43 Å². The van der Waals surface area contributed by atoms with Crippen molar-refractivity contribution in [3.05, 3.63) is 33.8 Å². The van der Waals surface area contributed by atoms with Crippen molar-refractivity contribution in [2.75, 3.05) is 0 Å². The standard InChI is InChI=1S/C12H16Cl2N2/c13-10-6-5-9(7-11(10)14)12(16-15)8-3-1-2-4-8/h5-8,12,16H,1-4,15H2. The van der Waals surface area contributed by atoms with Gasteiger partial charge in [-0.25, -0.2) is 0 Å². The summed E-state index contributed by atoms with van der Waals surface area (Å²) < 4.78 is 0. The van der Waals surface area contributed by atoms with E-state index in [0.717, 1.165) is 5.56 Å². The van der Waals surface area contributed by atoms with E-state index in [0.29, 0.717) is 16.0 Å². The lowest BCUT2D eigenvalue weighted by atomic mass is 9.92. The van der Waals surface area contributed by atoms with Crippen molar-refractivity contribution in [1.29, 1.82) is 0 Å². The lowest BCUT2D eigenvalue weighted by Crippen LogP contribution is -2.32. The lowest BCUT2D eigenvalue weighted by Gasteiger charge is -2.23. The summed E-state index contributed by atoms with van der Waals surface area (Å²) in [6, 6.07) is 5.93. The summed E-state index contributed by atoms with van der Waals surface area (Å²) in [6.45, 7) is 0. The zero-order valence-corrected chi connectivity index (χ0v) is 10.6. The third-order valence-corrected chi connectivity index (χ3v) is 4.09. The zero-order chi connectivity index (χ0) is 11.5. The Hall–Kier alpha value is -0.280. The van der Waals surface area contributed by atoms with Crippen LogP contribution in [0.1, 0.15) is 37.3 Å². The monoisotopic (exact) mass is 258 g/mol. The normalized spacial score (nSPS) is 18.9. The van der Waals surface area contributed by atoms with Gasteiger partial charge >= 0.3 is 0 Å². The molecule has 2 rings (SSSR count). The van der Waals surface area contributed by atoms with E-state index in [9.17, 15) is 0 Å². The second-order valence-corrected chi connectivity index (χ2v) is 5.18. The van der Waals surface area contributed by atoms with Crippen molar-refractivity contribution in [2.24, 2.45) is 11.8 Å². The van der Waals surface area contributed by atoms with Crippen molar-refractivity contribution in [1.82, 2.24) is 5.43 Å². The van der Waals surface area contributed by atoms with Crippen LogP contribution in [0.25, 0.3) is 0 Å². The average molecular weight is 259 g/mol. The third-order valence-electron chi connectivity index (χ3n) is 3.35. The van der Waals surface area contributed by atoms with Crippen LogP contribution in [0.15, 0.2) is 18.2 Å². The van der Waals surface area contributed by atoms with Gasteiger partial charge in [-0.1, -0.05) is 42.1 Å². The van der Waals surface area contributed by atoms with E-state index in [-0.39, 0.29) is 6.04 Å². The molecule has 3 N–H and O–H groups in total. The van der Waals surface area contributed by atoms with Crippen molar-refractivity contribution < 1.29 is 0 Å². The molecule has 2 nitrogen and oxygen atoms in total. The second-order valence-electron chi connectivity index (χ2n) is 4.36. The van der Waals surface area contributed by atoms with E-state index >= 15 is 0 Å². The van der Waals surface area contributed by atoms with Crippen LogP contribution in [0.5, 0.6) is 0 Å². The van der Waals surface area contributed by atoms with Gasteiger partial charge in [0.1, 0.15) is 0 Å². The molecule has 1 fully saturated rings. The molecule has 1 aliphatic rings. The van der Waals surface area contributed by atoms with Crippen LogP contribution in [-0.2, 0) is 0 Å². The van der Waals surface area contributed by atoms with Gasteiger partial charge in [0.25, 0.3) is 0 Å². The van der Waals surface area contributed by atoms with Gasteiger partial charge in [0, 0.05) is 6.04 Å². The fraction of sp³-hybridized carbons (Fsp3) is 0.500. The molecule has 0 radical (unpaired) electrons. The molecule has 1 aromatic rings. The molecule has 16 heavy (non-hydrogen) atoms. The van der Waals surface area contributed by atoms with Gasteiger partial charge in [0.05, 0.1) is 10.0 Å².